The molecule has 0 radical (unpaired) electrons. The Kier molecular flexibility index (Phi) is 5.23. The molecule has 1 unspecified atom stereocenters. The van der Waals surface area contributed by atoms with Crippen molar-refractivity contribution in [3.63, 3.8) is 0 Å². The van der Waals surface area contributed by atoms with E-state index in [1.165, 1.54) is 0 Å². The van der Waals surface area contributed by atoms with Gasteiger partial charge in [-0.25, -0.2) is 4.98 Å². The summed E-state index contributed by atoms with van der Waals surface area (Å²) in [6, 6.07) is 7.15. The number of rotatable bonds is 3. The molecule has 5 heterocycles. The maximum Gasteiger partial charge on any atom is 0.261 e. The summed E-state index contributed by atoms with van der Waals surface area (Å²) in [4.78, 5) is 39.0. The lowest BCUT2D eigenvalue weighted by molar-refractivity contribution is -0.129. The lowest BCUT2D eigenvalue weighted by Gasteiger charge is -2.36. The highest BCUT2D eigenvalue weighted by Gasteiger charge is 2.30. The van der Waals surface area contributed by atoms with Gasteiger partial charge in [0.25, 0.3) is 5.56 Å². The van der Waals surface area contributed by atoms with Crippen LogP contribution < -0.4 is 15.2 Å². The van der Waals surface area contributed by atoms with Crippen molar-refractivity contribution >= 4 is 39.7 Å². The Hall–Kier alpha value is -3.59. The van der Waals surface area contributed by atoms with E-state index in [9.17, 15) is 9.59 Å². The van der Waals surface area contributed by atoms with Crippen molar-refractivity contribution in [3.8, 4) is 5.88 Å². The van der Waals surface area contributed by atoms with Crippen molar-refractivity contribution in [3.05, 3.63) is 62.9 Å². The minimum Gasteiger partial charge on any atom is -0.474 e. The molecule has 4 aromatic rings. The third-order valence-corrected chi connectivity index (χ3v) is 8.08. The van der Waals surface area contributed by atoms with Crippen LogP contribution >= 0.6 is 11.6 Å². The van der Waals surface area contributed by atoms with Gasteiger partial charge in [0.05, 0.1) is 29.2 Å². The number of carbonyl (C=O) groups excluding carboxylic acids is 1. The fourth-order valence-corrected chi connectivity index (χ4v) is 6.08. The Morgan fingerprint density at radius 2 is 2.03 bits per heavy atom. The fraction of sp³-hybridized carbons (Fsp3) is 0.429. The van der Waals surface area contributed by atoms with Crippen LogP contribution in [0.1, 0.15) is 59.6 Å². The highest BCUT2D eigenvalue weighted by molar-refractivity contribution is 6.29. The van der Waals surface area contributed by atoms with E-state index in [2.05, 4.69) is 9.88 Å². The largest absolute Gasteiger partial charge is 0.474 e. The summed E-state index contributed by atoms with van der Waals surface area (Å²) in [6.07, 6.45) is 2.90. The molecular weight excluding hydrogens is 504 g/mol. The maximum atomic E-state index is 14.1. The summed E-state index contributed by atoms with van der Waals surface area (Å²) in [7, 11) is 0. The second kappa shape index (κ2) is 9.31. The Labute approximate surface area is 229 Å². The monoisotopic (exact) mass is 537 g/mol. The van der Waals surface area contributed by atoms with Gasteiger partial charge in [-0.2, -0.15) is 4.98 Å². The molecule has 2 aliphatic heterocycles. The van der Waals surface area contributed by atoms with Gasteiger partial charge in [0.15, 0.2) is 0 Å². The van der Waals surface area contributed by atoms with E-state index >= 15 is 0 Å². The molecular formula is C28H31ClN6O3. The molecule has 3 aromatic heterocycles. The molecule has 1 saturated heterocycles. The summed E-state index contributed by atoms with van der Waals surface area (Å²) in [5, 5.41) is 0.653. The zero-order valence-corrected chi connectivity index (χ0v) is 22.3. The van der Waals surface area contributed by atoms with Gasteiger partial charge < -0.3 is 14.5 Å². The van der Waals surface area contributed by atoms with Gasteiger partial charge >= 0.3 is 0 Å². The normalized spacial score (nSPS) is 18.6. The van der Waals surface area contributed by atoms with E-state index < -0.39 is 12.5 Å². The summed E-state index contributed by atoms with van der Waals surface area (Å²) in [6.45, 7) is 4.90. The highest BCUT2D eigenvalue weighted by atomic mass is 35.5. The number of imidazole rings is 1. The van der Waals surface area contributed by atoms with E-state index in [-0.39, 0.29) is 23.5 Å². The number of likely N-dealkylation sites (tertiary alicyclic amines) is 1. The van der Waals surface area contributed by atoms with Crippen LogP contribution in [0.3, 0.4) is 0 Å². The molecule has 198 valence electrons. The lowest BCUT2D eigenvalue weighted by Crippen LogP contribution is -2.36. The predicted octanol–water partition coefficient (Wildman–Crippen LogP) is 4.23. The molecule has 1 fully saturated rings. The molecule has 9 nitrogen and oxygen atoms in total. The van der Waals surface area contributed by atoms with Crippen LogP contribution in [0.4, 0.5) is 5.69 Å². The first-order chi connectivity index (χ1) is 19.5. The van der Waals surface area contributed by atoms with Gasteiger partial charge in [0.1, 0.15) is 29.4 Å². The molecule has 0 saturated carbocycles. The number of aromatic nitrogens is 4. The number of anilines is 1. The SMILES string of the molecule is [2H]C([2H])([2H])n1c(=O)c2cc(C)cc(C(C)N3CCOc4nc(Cl)ccc43)c2n2cnc(C3CCN(C(C)=O)CC3)c12. The van der Waals surface area contributed by atoms with Crippen molar-refractivity contribution in [2.75, 3.05) is 31.1 Å². The first-order valence-corrected chi connectivity index (χ1v) is 13.2. The number of fused-ring (bicyclic) bond motifs is 4. The van der Waals surface area contributed by atoms with Crippen LogP contribution in [0.15, 0.2) is 35.4 Å². The van der Waals surface area contributed by atoms with Crippen molar-refractivity contribution in [2.45, 2.75) is 45.6 Å². The van der Waals surface area contributed by atoms with Crippen LogP contribution in [0, 0.1) is 6.92 Å². The molecule has 1 amide bonds. The average Bonchev–Trinajstić information content (AvgIpc) is 3.35. The van der Waals surface area contributed by atoms with E-state index in [0.29, 0.717) is 66.7 Å². The van der Waals surface area contributed by atoms with Crippen LogP contribution in [-0.4, -0.2) is 56.0 Å². The Morgan fingerprint density at radius 1 is 1.24 bits per heavy atom. The van der Waals surface area contributed by atoms with Crippen LogP contribution in [-0.2, 0) is 11.8 Å². The number of hydrogen-bond donors (Lipinski definition) is 0. The number of ether oxygens (including phenoxy) is 1. The number of nitrogens with zero attached hydrogens (tertiary/aromatic N) is 6. The number of benzene rings is 1. The van der Waals surface area contributed by atoms with Gasteiger partial charge in [0.2, 0.25) is 11.8 Å². The number of piperidine rings is 1. The number of halogens is 1. The van der Waals surface area contributed by atoms with Crippen molar-refractivity contribution in [1.82, 2.24) is 23.8 Å². The zero-order valence-electron chi connectivity index (χ0n) is 24.6. The Bertz CT molecular complexity index is 1740. The fourth-order valence-electron chi connectivity index (χ4n) is 5.94. The molecule has 0 spiro atoms. The first kappa shape index (κ1) is 21.4. The summed E-state index contributed by atoms with van der Waals surface area (Å²) >= 11 is 6.12. The summed E-state index contributed by atoms with van der Waals surface area (Å²) < 4.78 is 33.4. The number of amides is 1. The predicted molar refractivity (Wildman–Crippen MR) is 147 cm³/mol. The molecule has 0 N–H and O–H groups in total. The van der Waals surface area contributed by atoms with Gasteiger partial charge in [-0.05, 0) is 56.0 Å². The minimum atomic E-state index is -2.72. The van der Waals surface area contributed by atoms with E-state index in [0.717, 1.165) is 21.4 Å². The minimum absolute atomic E-state index is 0.0136. The highest BCUT2D eigenvalue weighted by Crippen LogP contribution is 2.39. The summed E-state index contributed by atoms with van der Waals surface area (Å²) in [5.41, 5.74) is 3.38. The second-order valence-electron chi connectivity index (χ2n) is 10.2. The molecule has 38 heavy (non-hydrogen) atoms. The smallest absolute Gasteiger partial charge is 0.261 e. The van der Waals surface area contributed by atoms with Crippen molar-refractivity contribution < 1.29 is 13.6 Å². The van der Waals surface area contributed by atoms with E-state index in [4.69, 9.17) is 25.4 Å². The molecule has 0 aliphatic carbocycles. The van der Waals surface area contributed by atoms with Crippen molar-refractivity contribution in [1.29, 1.82) is 0 Å². The zero-order chi connectivity index (χ0) is 29.2. The molecule has 0 bridgehead atoms. The maximum absolute atomic E-state index is 14.1. The standard InChI is InChI=1S/C28H31ClN6O3/c1-16-13-20(17(2)34-11-12-38-26-22(34)5-6-23(29)31-26)25-21(14-16)28(37)32(4)27-24(30-15-35(25)27)19-7-9-33(10-8-19)18(3)36/h5-6,13-15,17,19H,7-12H2,1-4H3/i4D3. The van der Waals surface area contributed by atoms with E-state index in [1.807, 2.05) is 26.0 Å². The van der Waals surface area contributed by atoms with Gasteiger partial charge in [0, 0.05) is 37.0 Å². The number of hydrogen-bond acceptors (Lipinski definition) is 6. The first-order valence-electron chi connectivity index (χ1n) is 14.3. The third-order valence-electron chi connectivity index (χ3n) is 7.87. The van der Waals surface area contributed by atoms with Crippen LogP contribution in [0.25, 0.3) is 16.6 Å². The van der Waals surface area contributed by atoms with Gasteiger partial charge in [-0.1, -0.05) is 17.7 Å². The van der Waals surface area contributed by atoms with Crippen LogP contribution in [0.2, 0.25) is 5.15 Å². The van der Waals surface area contributed by atoms with Gasteiger partial charge in [-0.3, -0.25) is 18.6 Å². The van der Waals surface area contributed by atoms with E-state index in [1.54, 1.807) is 34.7 Å². The number of aryl methyl sites for hydroxylation is 2. The van der Waals surface area contributed by atoms with Crippen LogP contribution in [0.5, 0.6) is 5.88 Å². The van der Waals surface area contributed by atoms with Gasteiger partial charge in [-0.15, -0.1) is 0 Å². The second-order valence-corrected chi connectivity index (χ2v) is 10.6. The molecule has 2 aliphatic rings. The molecule has 1 aromatic carbocycles. The third kappa shape index (κ3) is 3.91. The molecule has 10 heteroatoms. The Balaban J connectivity index is 1.58. The number of carbonyl (C=O) groups is 1. The lowest BCUT2D eigenvalue weighted by atomic mass is 9.93. The topological polar surface area (TPSA) is 85.0 Å². The molecule has 1 atom stereocenters. The molecule has 6 rings (SSSR count). The number of pyridine rings is 1. The summed E-state index contributed by atoms with van der Waals surface area (Å²) in [5.74, 6) is 0.373. The Morgan fingerprint density at radius 3 is 2.76 bits per heavy atom. The average molecular weight is 538 g/mol. The quantitative estimate of drug-likeness (QED) is 0.364. The van der Waals surface area contributed by atoms with Crippen molar-refractivity contribution in [2.24, 2.45) is 6.98 Å².